The fraction of sp³-hybridized carbons (Fsp3) is 0.125. The predicted molar refractivity (Wildman–Crippen MR) is 71.4 cm³/mol. The van der Waals surface area contributed by atoms with Crippen LogP contribution in [0.25, 0.3) is 0 Å². The molecule has 2 aromatic rings. The molecule has 0 unspecified atom stereocenters. The van der Waals surface area contributed by atoms with E-state index in [1.54, 1.807) is 48.5 Å². The largest absolute Gasteiger partial charge is 0.481 e. The summed E-state index contributed by atoms with van der Waals surface area (Å²) in [6, 6.07) is 15.6. The van der Waals surface area contributed by atoms with Crippen molar-refractivity contribution < 1.29 is 19.4 Å². The molecule has 4 heteroatoms. The number of rotatable bonds is 2. The van der Waals surface area contributed by atoms with Crippen LogP contribution in [0.3, 0.4) is 0 Å². The van der Waals surface area contributed by atoms with Crippen molar-refractivity contribution in [2.75, 3.05) is 0 Å². The number of cyclic esters (lactones) is 1. The van der Waals surface area contributed by atoms with Crippen LogP contribution in [0.2, 0.25) is 0 Å². The minimum absolute atomic E-state index is 0.326. The Morgan fingerprint density at radius 2 is 1.65 bits per heavy atom. The molecule has 100 valence electrons. The zero-order valence-corrected chi connectivity index (χ0v) is 10.5. The molecule has 0 spiro atoms. The monoisotopic (exact) mass is 268 g/mol. The molecule has 0 aliphatic carbocycles. The van der Waals surface area contributed by atoms with Crippen molar-refractivity contribution in [2.24, 2.45) is 0 Å². The number of aliphatic carboxylic acids is 1. The Morgan fingerprint density at radius 1 is 1.00 bits per heavy atom. The topological polar surface area (TPSA) is 63.6 Å². The fourth-order valence-electron chi connectivity index (χ4n) is 2.53. The summed E-state index contributed by atoms with van der Waals surface area (Å²) in [4.78, 5) is 23.6. The maximum Gasteiger partial charge on any atom is 0.339 e. The number of carboxylic acids is 1. The first-order valence-electron chi connectivity index (χ1n) is 6.26. The van der Waals surface area contributed by atoms with Gasteiger partial charge < -0.3 is 9.84 Å². The molecule has 0 saturated carbocycles. The number of ether oxygens (including phenoxy) is 1. The van der Waals surface area contributed by atoms with E-state index in [0.717, 1.165) is 0 Å². The van der Waals surface area contributed by atoms with Gasteiger partial charge in [0.2, 0.25) is 0 Å². The van der Waals surface area contributed by atoms with Gasteiger partial charge in [-0.1, -0.05) is 48.5 Å². The maximum atomic E-state index is 12.0. The van der Waals surface area contributed by atoms with Crippen LogP contribution in [0, 0.1) is 0 Å². The van der Waals surface area contributed by atoms with Gasteiger partial charge in [0, 0.05) is 0 Å². The van der Waals surface area contributed by atoms with E-state index in [0.29, 0.717) is 16.7 Å². The highest BCUT2D eigenvalue weighted by atomic mass is 16.5. The van der Waals surface area contributed by atoms with E-state index >= 15 is 0 Å². The van der Waals surface area contributed by atoms with Gasteiger partial charge in [0.25, 0.3) is 0 Å². The van der Waals surface area contributed by atoms with Crippen molar-refractivity contribution in [1.82, 2.24) is 0 Å². The van der Waals surface area contributed by atoms with Crippen molar-refractivity contribution in [3.63, 3.8) is 0 Å². The lowest BCUT2D eigenvalue weighted by Gasteiger charge is -2.30. The molecule has 4 nitrogen and oxygen atoms in total. The maximum absolute atomic E-state index is 12.0. The Balaban J connectivity index is 2.14. The number of esters is 1. The summed E-state index contributed by atoms with van der Waals surface area (Å²) in [6.07, 6.45) is -0.795. The zero-order valence-electron chi connectivity index (χ0n) is 10.5. The number of hydrogen-bond donors (Lipinski definition) is 1. The molecule has 2 aromatic carbocycles. The molecule has 20 heavy (non-hydrogen) atoms. The van der Waals surface area contributed by atoms with E-state index < -0.39 is 24.0 Å². The standard InChI is InChI=1S/C16H12O4/c17-15(18)13-11-8-4-5-9-12(11)16(19)20-14(13)10-6-2-1-3-7-10/h1-9,13-14H,(H,17,18)/t13-,14-/m0/s1. The van der Waals surface area contributed by atoms with Crippen LogP contribution in [0.5, 0.6) is 0 Å². The highest BCUT2D eigenvalue weighted by molar-refractivity contribution is 5.96. The van der Waals surface area contributed by atoms with Gasteiger partial charge in [0.05, 0.1) is 5.56 Å². The number of fused-ring (bicyclic) bond motifs is 1. The lowest BCUT2D eigenvalue weighted by Crippen LogP contribution is -2.31. The molecule has 3 rings (SSSR count). The van der Waals surface area contributed by atoms with Crippen molar-refractivity contribution in [3.05, 3.63) is 71.3 Å². The highest BCUT2D eigenvalue weighted by Crippen LogP contribution is 2.40. The van der Waals surface area contributed by atoms with E-state index in [4.69, 9.17) is 4.74 Å². The third-order valence-electron chi connectivity index (χ3n) is 3.45. The average molecular weight is 268 g/mol. The first kappa shape index (κ1) is 12.4. The van der Waals surface area contributed by atoms with Crippen LogP contribution >= 0.6 is 0 Å². The van der Waals surface area contributed by atoms with Gasteiger partial charge in [-0.15, -0.1) is 0 Å². The third kappa shape index (κ3) is 1.95. The van der Waals surface area contributed by atoms with Crippen LogP contribution in [-0.2, 0) is 9.53 Å². The smallest absolute Gasteiger partial charge is 0.339 e. The molecule has 2 atom stereocenters. The summed E-state index contributed by atoms with van der Waals surface area (Å²) >= 11 is 0. The summed E-state index contributed by atoms with van der Waals surface area (Å²) < 4.78 is 5.35. The molecule has 0 aromatic heterocycles. The molecule has 1 aliphatic heterocycles. The number of carboxylic acid groups (broad SMARTS) is 1. The number of benzene rings is 2. The Kier molecular flexibility index (Phi) is 2.99. The lowest BCUT2D eigenvalue weighted by atomic mass is 9.84. The Bertz CT molecular complexity index is 663. The fourth-order valence-corrected chi connectivity index (χ4v) is 2.53. The number of carbonyl (C=O) groups is 2. The molecule has 0 radical (unpaired) electrons. The van der Waals surface area contributed by atoms with Crippen LogP contribution in [0.15, 0.2) is 54.6 Å². The molecular formula is C16H12O4. The number of hydrogen-bond acceptors (Lipinski definition) is 3. The summed E-state index contributed by atoms with van der Waals surface area (Å²) in [5.41, 5.74) is 1.51. The second kappa shape index (κ2) is 4.81. The van der Waals surface area contributed by atoms with Crippen molar-refractivity contribution in [3.8, 4) is 0 Å². The van der Waals surface area contributed by atoms with Gasteiger partial charge in [0.1, 0.15) is 12.0 Å². The van der Waals surface area contributed by atoms with Crippen molar-refractivity contribution in [2.45, 2.75) is 12.0 Å². The number of carbonyl (C=O) groups excluding carboxylic acids is 1. The highest BCUT2D eigenvalue weighted by Gasteiger charge is 2.40. The minimum Gasteiger partial charge on any atom is -0.481 e. The van der Waals surface area contributed by atoms with Crippen LogP contribution < -0.4 is 0 Å². The normalized spacial score (nSPS) is 20.9. The van der Waals surface area contributed by atoms with Crippen LogP contribution in [0.1, 0.15) is 33.5 Å². The van der Waals surface area contributed by atoms with Crippen molar-refractivity contribution in [1.29, 1.82) is 0 Å². The lowest BCUT2D eigenvalue weighted by molar-refractivity contribution is -0.142. The molecule has 0 saturated heterocycles. The Labute approximate surface area is 115 Å². The summed E-state index contributed by atoms with van der Waals surface area (Å²) in [6.45, 7) is 0. The molecule has 0 fully saturated rings. The minimum atomic E-state index is -1.00. The van der Waals surface area contributed by atoms with E-state index in [1.807, 2.05) is 6.07 Å². The Hall–Kier alpha value is -2.62. The van der Waals surface area contributed by atoms with Gasteiger partial charge in [-0.2, -0.15) is 0 Å². The zero-order chi connectivity index (χ0) is 14.1. The second-order valence-corrected chi connectivity index (χ2v) is 4.64. The van der Waals surface area contributed by atoms with E-state index in [1.165, 1.54) is 0 Å². The predicted octanol–water partition coefficient (Wildman–Crippen LogP) is 2.77. The van der Waals surface area contributed by atoms with Gasteiger partial charge in [0.15, 0.2) is 0 Å². The van der Waals surface area contributed by atoms with E-state index in [9.17, 15) is 14.7 Å². The van der Waals surface area contributed by atoms with Crippen LogP contribution in [-0.4, -0.2) is 17.0 Å². The first-order chi connectivity index (χ1) is 9.68. The third-order valence-corrected chi connectivity index (χ3v) is 3.45. The van der Waals surface area contributed by atoms with Gasteiger partial charge in [-0.25, -0.2) is 4.79 Å². The molecular weight excluding hydrogens is 256 g/mol. The van der Waals surface area contributed by atoms with E-state index in [-0.39, 0.29) is 0 Å². The molecule has 0 amide bonds. The average Bonchev–Trinajstić information content (AvgIpc) is 2.47. The summed E-state index contributed by atoms with van der Waals surface area (Å²) in [7, 11) is 0. The summed E-state index contributed by atoms with van der Waals surface area (Å²) in [5, 5.41) is 9.51. The first-order valence-corrected chi connectivity index (χ1v) is 6.26. The SMILES string of the molecule is O=C1O[C@@H](c2ccccc2)[C@@H](C(=O)O)c2ccccc21. The summed E-state index contributed by atoms with van der Waals surface area (Å²) in [5.74, 6) is -2.36. The van der Waals surface area contributed by atoms with Crippen molar-refractivity contribution >= 4 is 11.9 Å². The molecule has 1 heterocycles. The van der Waals surface area contributed by atoms with Crippen LogP contribution in [0.4, 0.5) is 0 Å². The van der Waals surface area contributed by atoms with Gasteiger partial charge >= 0.3 is 11.9 Å². The van der Waals surface area contributed by atoms with Gasteiger partial charge in [-0.3, -0.25) is 4.79 Å². The second-order valence-electron chi connectivity index (χ2n) is 4.64. The molecule has 0 bridgehead atoms. The van der Waals surface area contributed by atoms with E-state index in [2.05, 4.69) is 0 Å². The molecule has 1 aliphatic rings. The Morgan fingerprint density at radius 3 is 2.35 bits per heavy atom. The quantitative estimate of drug-likeness (QED) is 0.851. The molecule has 1 N–H and O–H groups in total. The van der Waals surface area contributed by atoms with Gasteiger partial charge in [-0.05, 0) is 17.2 Å².